The largest absolute Gasteiger partial charge is 0.508 e. The van der Waals surface area contributed by atoms with Crippen LogP contribution in [-0.2, 0) is 6.54 Å². The number of nitrogens with one attached hydrogen (secondary N) is 1. The van der Waals surface area contributed by atoms with Crippen molar-refractivity contribution in [3.63, 3.8) is 0 Å². The van der Waals surface area contributed by atoms with Gasteiger partial charge < -0.3 is 10.4 Å². The number of benzene rings is 1. The van der Waals surface area contributed by atoms with Crippen LogP contribution >= 0.6 is 0 Å². The number of phenols is 1. The maximum atomic E-state index is 9.58. The lowest BCUT2D eigenvalue weighted by Gasteiger charge is -2.40. The van der Waals surface area contributed by atoms with Gasteiger partial charge in [0, 0.05) is 31.7 Å². The molecular formula is C16H24N2O. The second kappa shape index (κ2) is 5.51. The highest BCUT2D eigenvalue weighted by molar-refractivity contribution is 5.27. The number of hydrogen-bond acceptors (Lipinski definition) is 3. The molecule has 104 valence electrons. The number of nitrogens with zero attached hydrogens (tertiary/aromatic N) is 1. The number of rotatable bonds is 4. The molecule has 19 heavy (non-hydrogen) atoms. The first-order valence-corrected chi connectivity index (χ1v) is 7.51. The van der Waals surface area contributed by atoms with Crippen molar-refractivity contribution in [2.24, 2.45) is 5.92 Å². The average molecular weight is 260 g/mol. The summed E-state index contributed by atoms with van der Waals surface area (Å²) < 4.78 is 0. The van der Waals surface area contributed by atoms with Crippen LogP contribution in [0.2, 0.25) is 0 Å². The third-order valence-corrected chi connectivity index (χ3v) is 4.52. The van der Waals surface area contributed by atoms with Crippen LogP contribution in [0.15, 0.2) is 24.3 Å². The molecule has 3 heteroatoms. The third-order valence-electron chi connectivity index (χ3n) is 4.52. The Bertz CT molecular complexity index is 431. The molecule has 1 aromatic rings. The van der Waals surface area contributed by atoms with Gasteiger partial charge in [0.25, 0.3) is 0 Å². The van der Waals surface area contributed by atoms with Crippen LogP contribution in [-0.4, -0.2) is 35.2 Å². The maximum absolute atomic E-state index is 9.58. The predicted octanol–water partition coefficient (Wildman–Crippen LogP) is 2.35. The molecule has 0 radical (unpaired) electrons. The van der Waals surface area contributed by atoms with Crippen molar-refractivity contribution >= 4 is 0 Å². The van der Waals surface area contributed by atoms with Gasteiger partial charge in [-0.15, -0.1) is 0 Å². The van der Waals surface area contributed by atoms with Crippen molar-refractivity contribution in [3.05, 3.63) is 29.8 Å². The van der Waals surface area contributed by atoms with Crippen molar-refractivity contribution < 1.29 is 5.11 Å². The number of aromatic hydroxyl groups is 1. The second-order valence-corrected chi connectivity index (χ2v) is 6.01. The summed E-state index contributed by atoms with van der Waals surface area (Å²) in [5, 5.41) is 13.3. The Kier molecular flexibility index (Phi) is 3.76. The van der Waals surface area contributed by atoms with Crippen LogP contribution in [0, 0.1) is 5.92 Å². The first-order chi connectivity index (χ1) is 9.26. The van der Waals surface area contributed by atoms with Gasteiger partial charge in [-0.05, 0) is 42.9 Å². The van der Waals surface area contributed by atoms with Crippen molar-refractivity contribution in [3.8, 4) is 5.75 Å². The van der Waals surface area contributed by atoms with E-state index < -0.39 is 0 Å². The van der Waals surface area contributed by atoms with Crippen molar-refractivity contribution in [2.45, 2.75) is 44.8 Å². The lowest BCUT2D eigenvalue weighted by molar-refractivity contribution is 0.111. The summed E-state index contributed by atoms with van der Waals surface area (Å²) in [5.74, 6) is 1.28. The molecule has 2 fully saturated rings. The molecule has 1 saturated heterocycles. The summed E-state index contributed by atoms with van der Waals surface area (Å²) >= 11 is 0. The minimum absolute atomic E-state index is 0.374. The molecule has 3 nitrogen and oxygen atoms in total. The Morgan fingerprint density at radius 2 is 2.21 bits per heavy atom. The monoisotopic (exact) mass is 260 g/mol. The number of phenolic OH excluding ortho intramolecular Hbond substituents is 1. The lowest BCUT2D eigenvalue weighted by Crippen LogP contribution is -2.56. The Hall–Kier alpha value is -1.06. The standard InChI is InChI=1S/C16H24N2O/c1-2-14-9-17-16(13-6-7-13)11-18(14)10-12-4-3-5-15(19)8-12/h3-5,8,13-14,16-17,19H,2,6-7,9-11H2,1H3. The smallest absolute Gasteiger partial charge is 0.115 e. The van der Waals surface area contributed by atoms with Crippen LogP contribution in [0.25, 0.3) is 0 Å². The molecule has 3 rings (SSSR count). The van der Waals surface area contributed by atoms with Gasteiger partial charge in [0.2, 0.25) is 0 Å². The molecule has 0 bridgehead atoms. The Balaban J connectivity index is 1.68. The van der Waals surface area contributed by atoms with E-state index in [9.17, 15) is 5.11 Å². The maximum Gasteiger partial charge on any atom is 0.115 e. The predicted molar refractivity (Wildman–Crippen MR) is 77.1 cm³/mol. The zero-order valence-corrected chi connectivity index (χ0v) is 11.7. The van der Waals surface area contributed by atoms with Gasteiger partial charge in [-0.1, -0.05) is 19.1 Å². The Labute approximate surface area is 115 Å². The van der Waals surface area contributed by atoms with E-state index in [1.807, 2.05) is 12.1 Å². The van der Waals surface area contributed by atoms with Gasteiger partial charge in [0.1, 0.15) is 5.75 Å². The molecule has 2 unspecified atom stereocenters. The van der Waals surface area contributed by atoms with Crippen LogP contribution in [0.1, 0.15) is 31.7 Å². The highest BCUT2D eigenvalue weighted by Gasteiger charge is 2.36. The minimum atomic E-state index is 0.374. The van der Waals surface area contributed by atoms with Crippen LogP contribution in [0.4, 0.5) is 0 Å². The minimum Gasteiger partial charge on any atom is -0.508 e. The summed E-state index contributed by atoms with van der Waals surface area (Å²) in [6, 6.07) is 8.98. The SMILES string of the molecule is CCC1CNC(C2CC2)CN1Cc1cccc(O)c1. The van der Waals surface area contributed by atoms with Crippen molar-refractivity contribution in [1.82, 2.24) is 10.2 Å². The van der Waals surface area contributed by atoms with Crippen molar-refractivity contribution in [2.75, 3.05) is 13.1 Å². The van der Waals surface area contributed by atoms with Gasteiger partial charge in [0.15, 0.2) is 0 Å². The molecule has 0 aromatic heterocycles. The fourth-order valence-corrected chi connectivity index (χ4v) is 3.18. The molecule has 1 saturated carbocycles. The number of hydrogen-bond donors (Lipinski definition) is 2. The summed E-state index contributed by atoms with van der Waals surface area (Å²) in [4.78, 5) is 2.59. The molecule has 2 atom stereocenters. The summed E-state index contributed by atoms with van der Waals surface area (Å²) in [6.07, 6.45) is 3.98. The van der Waals surface area contributed by atoms with Gasteiger partial charge in [-0.3, -0.25) is 4.90 Å². The van der Waals surface area contributed by atoms with E-state index in [2.05, 4.69) is 23.2 Å². The van der Waals surface area contributed by atoms with Crippen LogP contribution in [0.5, 0.6) is 5.75 Å². The average Bonchev–Trinajstić information content (AvgIpc) is 3.23. The van der Waals surface area contributed by atoms with Crippen molar-refractivity contribution in [1.29, 1.82) is 0 Å². The molecule has 0 spiro atoms. The van der Waals surface area contributed by atoms with Gasteiger partial charge in [-0.25, -0.2) is 0 Å². The normalized spacial score (nSPS) is 28.5. The first-order valence-electron chi connectivity index (χ1n) is 7.51. The highest BCUT2D eigenvalue weighted by Crippen LogP contribution is 2.34. The lowest BCUT2D eigenvalue weighted by atomic mass is 10.0. The van der Waals surface area contributed by atoms with Gasteiger partial charge >= 0.3 is 0 Å². The van der Waals surface area contributed by atoms with Crippen LogP contribution < -0.4 is 5.32 Å². The molecular weight excluding hydrogens is 236 g/mol. The third kappa shape index (κ3) is 3.10. The summed E-state index contributed by atoms with van der Waals surface area (Å²) in [7, 11) is 0. The van der Waals surface area contributed by atoms with E-state index in [1.165, 1.54) is 24.8 Å². The van der Waals surface area contributed by atoms with Gasteiger partial charge in [0.05, 0.1) is 0 Å². The second-order valence-electron chi connectivity index (χ2n) is 6.01. The van der Waals surface area contributed by atoms with E-state index in [0.717, 1.165) is 25.6 Å². The fraction of sp³-hybridized carbons (Fsp3) is 0.625. The Morgan fingerprint density at radius 1 is 1.37 bits per heavy atom. The molecule has 1 aromatic carbocycles. The summed E-state index contributed by atoms with van der Waals surface area (Å²) in [5.41, 5.74) is 1.22. The topological polar surface area (TPSA) is 35.5 Å². The molecule has 2 aliphatic rings. The molecule has 1 aliphatic heterocycles. The van der Waals surface area contributed by atoms with E-state index in [-0.39, 0.29) is 0 Å². The molecule has 0 amide bonds. The summed E-state index contributed by atoms with van der Waals surface area (Å²) in [6.45, 7) is 5.48. The molecule has 2 N–H and O–H groups in total. The first kappa shape index (κ1) is 12.9. The molecule has 1 aliphatic carbocycles. The van der Waals surface area contributed by atoms with E-state index in [1.54, 1.807) is 6.07 Å². The zero-order valence-electron chi connectivity index (χ0n) is 11.7. The van der Waals surface area contributed by atoms with E-state index in [4.69, 9.17) is 0 Å². The van der Waals surface area contributed by atoms with Gasteiger partial charge in [-0.2, -0.15) is 0 Å². The Morgan fingerprint density at radius 3 is 2.89 bits per heavy atom. The zero-order chi connectivity index (χ0) is 13.2. The number of piperazine rings is 1. The molecule has 1 heterocycles. The van der Waals surface area contributed by atoms with E-state index in [0.29, 0.717) is 17.8 Å². The highest BCUT2D eigenvalue weighted by atomic mass is 16.3. The quantitative estimate of drug-likeness (QED) is 0.872. The van der Waals surface area contributed by atoms with E-state index >= 15 is 0 Å². The van der Waals surface area contributed by atoms with Crippen LogP contribution in [0.3, 0.4) is 0 Å². The fourth-order valence-electron chi connectivity index (χ4n) is 3.18.